The van der Waals surface area contributed by atoms with Gasteiger partial charge in [-0.15, -0.1) is 0 Å². The Bertz CT molecular complexity index is 247. The Balaban J connectivity index is 0.000000203. The van der Waals surface area contributed by atoms with Crippen LogP contribution in [0, 0.1) is 5.92 Å². The number of rotatable bonds is 3. The van der Waals surface area contributed by atoms with Gasteiger partial charge in [-0.3, -0.25) is 9.69 Å². The molecule has 0 unspecified atom stereocenters. The van der Waals surface area contributed by atoms with Crippen LogP contribution in [0.4, 0.5) is 0 Å². The first-order chi connectivity index (χ1) is 8.42. The third kappa shape index (κ3) is 6.97. The smallest absolute Gasteiger partial charge is 0.293 e. The van der Waals surface area contributed by atoms with Crippen LogP contribution in [0.5, 0.6) is 0 Å². The van der Waals surface area contributed by atoms with Crippen molar-refractivity contribution in [1.82, 2.24) is 10.2 Å². The maximum Gasteiger partial charge on any atom is 0.293 e. The minimum atomic E-state index is -0.318. The molecule has 4 heteroatoms. The van der Waals surface area contributed by atoms with Gasteiger partial charge in [-0.25, -0.2) is 0 Å². The molecule has 1 heterocycles. The molecule has 0 aromatic heterocycles. The van der Waals surface area contributed by atoms with Crippen LogP contribution in [0.3, 0.4) is 0 Å². The molecular weight excluding hydrogens is 228 g/mol. The summed E-state index contributed by atoms with van der Waals surface area (Å²) in [6, 6.07) is 0.768. The molecule has 2 aliphatic rings. The van der Waals surface area contributed by atoms with Crippen molar-refractivity contribution in [2.24, 2.45) is 5.92 Å². The van der Waals surface area contributed by atoms with Crippen LogP contribution in [0.25, 0.3) is 0 Å². The SMILES string of the molecule is CC(C)(C)OC=O.C[C@H]1CNCCN1CC1CC1. The average Bonchev–Trinajstić information content (AvgIpc) is 3.04. The summed E-state index contributed by atoms with van der Waals surface area (Å²) in [5.74, 6) is 1.05. The molecule has 0 spiro atoms. The van der Waals surface area contributed by atoms with E-state index in [4.69, 9.17) is 0 Å². The molecule has 2 fully saturated rings. The van der Waals surface area contributed by atoms with Gasteiger partial charge >= 0.3 is 0 Å². The number of nitrogens with zero attached hydrogens (tertiary/aromatic N) is 1. The topological polar surface area (TPSA) is 41.6 Å². The van der Waals surface area contributed by atoms with E-state index in [2.05, 4.69) is 21.9 Å². The first-order valence-electron chi connectivity index (χ1n) is 6.98. The van der Waals surface area contributed by atoms with E-state index in [0.717, 1.165) is 12.0 Å². The number of hydrogen-bond acceptors (Lipinski definition) is 4. The molecule has 1 aliphatic carbocycles. The van der Waals surface area contributed by atoms with E-state index >= 15 is 0 Å². The van der Waals surface area contributed by atoms with Gasteiger partial charge in [0.1, 0.15) is 5.60 Å². The van der Waals surface area contributed by atoms with Crippen LogP contribution in [0.1, 0.15) is 40.5 Å². The lowest BCUT2D eigenvalue weighted by Gasteiger charge is -2.33. The van der Waals surface area contributed by atoms with E-state index in [-0.39, 0.29) is 5.60 Å². The minimum Gasteiger partial charge on any atom is -0.462 e. The maximum absolute atomic E-state index is 9.60. The van der Waals surface area contributed by atoms with Crippen molar-refractivity contribution in [2.45, 2.75) is 52.2 Å². The van der Waals surface area contributed by atoms with E-state index in [1.54, 1.807) is 0 Å². The largest absolute Gasteiger partial charge is 0.462 e. The van der Waals surface area contributed by atoms with Crippen LogP contribution in [0.2, 0.25) is 0 Å². The van der Waals surface area contributed by atoms with Gasteiger partial charge in [-0.2, -0.15) is 0 Å². The molecule has 0 aromatic carbocycles. The number of carbonyl (C=O) groups excluding carboxylic acids is 1. The Kier molecular flexibility index (Phi) is 6.09. The third-order valence-corrected chi connectivity index (χ3v) is 3.23. The lowest BCUT2D eigenvalue weighted by atomic mass is 10.2. The Labute approximate surface area is 111 Å². The molecular formula is C14H28N2O2. The van der Waals surface area contributed by atoms with Crippen molar-refractivity contribution in [3.8, 4) is 0 Å². The number of nitrogens with one attached hydrogen (secondary N) is 1. The molecule has 0 bridgehead atoms. The highest BCUT2D eigenvalue weighted by atomic mass is 16.5. The van der Waals surface area contributed by atoms with Crippen LogP contribution < -0.4 is 5.32 Å². The summed E-state index contributed by atoms with van der Waals surface area (Å²) in [7, 11) is 0. The van der Waals surface area contributed by atoms with Crippen molar-refractivity contribution < 1.29 is 9.53 Å². The molecule has 0 amide bonds. The second-order valence-electron chi connectivity index (χ2n) is 6.32. The van der Waals surface area contributed by atoms with Gasteiger partial charge in [0.05, 0.1) is 0 Å². The fourth-order valence-electron chi connectivity index (χ4n) is 1.93. The molecule has 1 saturated carbocycles. The Morgan fingerprint density at radius 3 is 2.44 bits per heavy atom. The zero-order chi connectivity index (χ0) is 13.6. The number of hydrogen-bond donors (Lipinski definition) is 1. The second kappa shape index (κ2) is 7.10. The molecule has 0 aromatic rings. The van der Waals surface area contributed by atoms with Crippen molar-refractivity contribution in [3.63, 3.8) is 0 Å². The normalized spacial score (nSPS) is 25.0. The van der Waals surface area contributed by atoms with E-state index < -0.39 is 0 Å². The maximum atomic E-state index is 9.60. The fourth-order valence-corrected chi connectivity index (χ4v) is 1.93. The lowest BCUT2D eigenvalue weighted by molar-refractivity contribution is -0.138. The van der Waals surface area contributed by atoms with Gasteiger partial charge in [-0.1, -0.05) is 0 Å². The van der Waals surface area contributed by atoms with Gasteiger partial charge in [0.15, 0.2) is 0 Å². The van der Waals surface area contributed by atoms with Crippen LogP contribution in [0.15, 0.2) is 0 Å². The van der Waals surface area contributed by atoms with Gasteiger partial charge in [0.2, 0.25) is 0 Å². The predicted molar refractivity (Wildman–Crippen MR) is 73.5 cm³/mol. The van der Waals surface area contributed by atoms with E-state index in [0.29, 0.717) is 6.47 Å². The highest BCUT2D eigenvalue weighted by molar-refractivity contribution is 5.37. The van der Waals surface area contributed by atoms with Crippen LogP contribution in [-0.2, 0) is 9.53 Å². The zero-order valence-corrected chi connectivity index (χ0v) is 12.2. The molecule has 0 radical (unpaired) electrons. The monoisotopic (exact) mass is 256 g/mol. The highest BCUT2D eigenvalue weighted by Crippen LogP contribution is 2.30. The quantitative estimate of drug-likeness (QED) is 0.780. The Morgan fingerprint density at radius 2 is 2.06 bits per heavy atom. The Morgan fingerprint density at radius 1 is 1.39 bits per heavy atom. The summed E-state index contributed by atoms with van der Waals surface area (Å²) in [5, 5.41) is 3.42. The van der Waals surface area contributed by atoms with Crippen molar-refractivity contribution >= 4 is 6.47 Å². The summed E-state index contributed by atoms with van der Waals surface area (Å²) >= 11 is 0. The van der Waals surface area contributed by atoms with Gasteiger partial charge < -0.3 is 10.1 Å². The summed E-state index contributed by atoms with van der Waals surface area (Å²) < 4.78 is 4.55. The predicted octanol–water partition coefficient (Wildman–Crippen LogP) is 1.65. The van der Waals surface area contributed by atoms with Gasteiger partial charge in [0.25, 0.3) is 6.47 Å². The first kappa shape index (κ1) is 15.4. The third-order valence-electron chi connectivity index (χ3n) is 3.23. The molecule has 2 rings (SSSR count). The summed E-state index contributed by atoms with van der Waals surface area (Å²) in [6.45, 7) is 13.3. The Hall–Kier alpha value is -0.610. The van der Waals surface area contributed by atoms with Crippen molar-refractivity contribution in [3.05, 3.63) is 0 Å². The average molecular weight is 256 g/mol. The fraction of sp³-hybridized carbons (Fsp3) is 0.929. The van der Waals surface area contributed by atoms with Crippen LogP contribution >= 0.6 is 0 Å². The number of ether oxygens (including phenoxy) is 1. The lowest BCUT2D eigenvalue weighted by Crippen LogP contribution is -2.50. The van der Waals surface area contributed by atoms with E-state index in [9.17, 15) is 4.79 Å². The molecule has 1 aliphatic heterocycles. The van der Waals surface area contributed by atoms with Crippen LogP contribution in [-0.4, -0.2) is 49.2 Å². The van der Waals surface area contributed by atoms with Gasteiger partial charge in [-0.05, 0) is 46.5 Å². The van der Waals surface area contributed by atoms with Crippen molar-refractivity contribution in [1.29, 1.82) is 0 Å². The number of piperazine rings is 1. The second-order valence-corrected chi connectivity index (χ2v) is 6.32. The molecule has 4 nitrogen and oxygen atoms in total. The summed E-state index contributed by atoms with van der Waals surface area (Å²) in [5.41, 5.74) is -0.318. The summed E-state index contributed by atoms with van der Waals surface area (Å²) in [4.78, 5) is 12.2. The number of carbonyl (C=O) groups is 1. The van der Waals surface area contributed by atoms with Gasteiger partial charge in [0, 0.05) is 32.2 Å². The molecule has 1 atom stereocenters. The molecule has 18 heavy (non-hydrogen) atoms. The first-order valence-corrected chi connectivity index (χ1v) is 6.98. The zero-order valence-electron chi connectivity index (χ0n) is 12.2. The molecule has 1 saturated heterocycles. The molecule has 106 valence electrons. The summed E-state index contributed by atoms with van der Waals surface area (Å²) in [6.07, 6.45) is 2.97. The van der Waals surface area contributed by atoms with Crippen molar-refractivity contribution in [2.75, 3.05) is 26.2 Å². The van der Waals surface area contributed by atoms with E-state index in [1.807, 2.05) is 20.8 Å². The minimum absolute atomic E-state index is 0.318. The molecule has 1 N–H and O–H groups in total. The standard InChI is InChI=1S/C9H18N2.C5H10O2/c1-8-6-10-4-5-11(8)7-9-2-3-9;1-5(2,3)7-4-6/h8-10H,2-7H2,1H3;4H,1-3H3/t8-;/m0./s1. The van der Waals surface area contributed by atoms with E-state index in [1.165, 1.54) is 39.0 Å². The highest BCUT2D eigenvalue weighted by Gasteiger charge is 2.27.